The standard InChI is InChI=1S/C21H24BrNO2/c1-3-5-14-25-18-10-6-17(7-11-18)9-13-21(24)23-20-12-8-16(4-2)15-19(20)22/h6-13,15H,3-5,14H2,1-2H3,(H,23,24)/b13-9+. The van der Waals surface area contributed by atoms with Crippen molar-refractivity contribution in [2.75, 3.05) is 11.9 Å². The zero-order valence-corrected chi connectivity index (χ0v) is 16.3. The second-order valence-corrected chi connectivity index (χ2v) is 6.62. The molecule has 0 atom stereocenters. The highest BCUT2D eigenvalue weighted by molar-refractivity contribution is 9.10. The third-order valence-electron chi connectivity index (χ3n) is 3.77. The number of benzene rings is 2. The number of ether oxygens (including phenoxy) is 1. The van der Waals surface area contributed by atoms with Crippen LogP contribution in [-0.2, 0) is 11.2 Å². The van der Waals surface area contributed by atoms with Crippen molar-refractivity contribution in [1.82, 2.24) is 0 Å². The van der Waals surface area contributed by atoms with Gasteiger partial charge < -0.3 is 10.1 Å². The third-order valence-corrected chi connectivity index (χ3v) is 4.43. The first-order valence-corrected chi connectivity index (χ1v) is 9.42. The van der Waals surface area contributed by atoms with Crippen molar-refractivity contribution in [2.24, 2.45) is 0 Å². The second kappa shape index (κ2) is 10.0. The maximum Gasteiger partial charge on any atom is 0.248 e. The Balaban J connectivity index is 1.91. The van der Waals surface area contributed by atoms with Crippen molar-refractivity contribution in [3.63, 3.8) is 0 Å². The second-order valence-electron chi connectivity index (χ2n) is 5.76. The number of hydrogen-bond acceptors (Lipinski definition) is 2. The van der Waals surface area contributed by atoms with Crippen LogP contribution in [0.1, 0.15) is 37.8 Å². The van der Waals surface area contributed by atoms with E-state index in [0.29, 0.717) is 0 Å². The van der Waals surface area contributed by atoms with Gasteiger partial charge in [-0.15, -0.1) is 0 Å². The molecule has 0 aromatic heterocycles. The third kappa shape index (κ3) is 6.39. The number of carbonyl (C=O) groups excluding carboxylic acids is 1. The molecule has 2 aromatic rings. The molecule has 1 amide bonds. The minimum absolute atomic E-state index is 0.159. The van der Waals surface area contributed by atoms with E-state index < -0.39 is 0 Å². The average Bonchev–Trinajstić information content (AvgIpc) is 2.63. The molecule has 0 saturated carbocycles. The molecular weight excluding hydrogens is 378 g/mol. The van der Waals surface area contributed by atoms with Gasteiger partial charge in [0.15, 0.2) is 0 Å². The smallest absolute Gasteiger partial charge is 0.248 e. The number of halogens is 1. The summed E-state index contributed by atoms with van der Waals surface area (Å²) >= 11 is 3.49. The predicted molar refractivity (Wildman–Crippen MR) is 108 cm³/mol. The molecule has 4 heteroatoms. The molecule has 0 radical (unpaired) electrons. The summed E-state index contributed by atoms with van der Waals surface area (Å²) in [6.45, 7) is 4.97. The summed E-state index contributed by atoms with van der Waals surface area (Å²) in [5.41, 5.74) is 2.95. The Kier molecular flexibility index (Phi) is 7.74. The van der Waals surface area contributed by atoms with Crippen LogP contribution in [0, 0.1) is 0 Å². The molecule has 0 fully saturated rings. The molecule has 0 spiro atoms. The molecule has 2 rings (SSSR count). The van der Waals surface area contributed by atoms with E-state index in [2.05, 4.69) is 35.1 Å². The van der Waals surface area contributed by atoms with Crippen LogP contribution >= 0.6 is 15.9 Å². The summed E-state index contributed by atoms with van der Waals surface area (Å²) in [7, 11) is 0. The van der Waals surface area contributed by atoms with E-state index in [9.17, 15) is 4.79 Å². The van der Waals surface area contributed by atoms with Gasteiger partial charge in [-0.25, -0.2) is 0 Å². The monoisotopic (exact) mass is 401 g/mol. The first-order chi connectivity index (χ1) is 12.1. The van der Waals surface area contributed by atoms with Crippen molar-refractivity contribution in [3.8, 4) is 5.75 Å². The molecule has 0 bridgehead atoms. The number of rotatable bonds is 8. The van der Waals surface area contributed by atoms with Crippen molar-refractivity contribution in [2.45, 2.75) is 33.1 Å². The molecular formula is C21H24BrNO2. The largest absolute Gasteiger partial charge is 0.494 e. The summed E-state index contributed by atoms with van der Waals surface area (Å²) in [5, 5.41) is 2.88. The molecule has 0 unspecified atom stereocenters. The van der Waals surface area contributed by atoms with Gasteiger partial charge in [0.1, 0.15) is 5.75 Å². The Morgan fingerprint density at radius 3 is 2.56 bits per heavy atom. The van der Waals surface area contributed by atoms with Gasteiger partial charge in [-0.3, -0.25) is 4.79 Å². The summed E-state index contributed by atoms with van der Waals surface area (Å²) in [4.78, 5) is 12.1. The summed E-state index contributed by atoms with van der Waals surface area (Å²) in [5.74, 6) is 0.697. The van der Waals surface area contributed by atoms with E-state index in [4.69, 9.17) is 4.74 Å². The fourth-order valence-electron chi connectivity index (χ4n) is 2.24. The molecule has 1 N–H and O–H groups in total. The van der Waals surface area contributed by atoms with Crippen LogP contribution in [0.25, 0.3) is 6.08 Å². The summed E-state index contributed by atoms with van der Waals surface area (Å²) < 4.78 is 6.52. The van der Waals surface area contributed by atoms with Crippen LogP contribution in [-0.4, -0.2) is 12.5 Å². The SMILES string of the molecule is CCCCOc1ccc(/C=C/C(=O)Nc2ccc(CC)cc2Br)cc1. The van der Waals surface area contributed by atoms with E-state index >= 15 is 0 Å². The molecule has 2 aromatic carbocycles. The van der Waals surface area contributed by atoms with Gasteiger partial charge in [-0.1, -0.05) is 38.5 Å². The zero-order chi connectivity index (χ0) is 18.1. The number of carbonyl (C=O) groups is 1. The lowest BCUT2D eigenvalue weighted by Crippen LogP contribution is -2.08. The number of amides is 1. The number of aryl methyl sites for hydroxylation is 1. The highest BCUT2D eigenvalue weighted by Gasteiger charge is 2.03. The Bertz CT molecular complexity index is 723. The normalized spacial score (nSPS) is 10.8. The van der Waals surface area contributed by atoms with Crippen molar-refractivity contribution in [1.29, 1.82) is 0 Å². The highest BCUT2D eigenvalue weighted by Crippen LogP contribution is 2.24. The molecule has 132 valence electrons. The molecule has 3 nitrogen and oxygen atoms in total. The van der Waals surface area contributed by atoms with Crippen LogP contribution in [0.5, 0.6) is 5.75 Å². The number of anilines is 1. The van der Waals surface area contributed by atoms with Gasteiger partial charge in [-0.2, -0.15) is 0 Å². The van der Waals surface area contributed by atoms with Gasteiger partial charge >= 0.3 is 0 Å². The van der Waals surface area contributed by atoms with Gasteiger partial charge in [0.2, 0.25) is 5.91 Å². The van der Waals surface area contributed by atoms with Crippen LogP contribution in [0.4, 0.5) is 5.69 Å². The van der Waals surface area contributed by atoms with E-state index in [0.717, 1.165) is 47.3 Å². The van der Waals surface area contributed by atoms with E-state index in [1.54, 1.807) is 6.08 Å². The van der Waals surface area contributed by atoms with E-state index in [1.807, 2.05) is 42.5 Å². The molecule has 0 aliphatic heterocycles. The maximum absolute atomic E-state index is 12.1. The minimum Gasteiger partial charge on any atom is -0.494 e. The first-order valence-electron chi connectivity index (χ1n) is 8.62. The van der Waals surface area contributed by atoms with Crippen LogP contribution in [0.15, 0.2) is 53.0 Å². The zero-order valence-electron chi connectivity index (χ0n) is 14.7. The van der Waals surface area contributed by atoms with E-state index in [-0.39, 0.29) is 5.91 Å². The maximum atomic E-state index is 12.1. The number of nitrogens with one attached hydrogen (secondary N) is 1. The highest BCUT2D eigenvalue weighted by atomic mass is 79.9. The van der Waals surface area contributed by atoms with Crippen LogP contribution < -0.4 is 10.1 Å². The van der Waals surface area contributed by atoms with Crippen molar-refractivity contribution in [3.05, 3.63) is 64.1 Å². The number of unbranched alkanes of at least 4 members (excludes halogenated alkanes) is 1. The topological polar surface area (TPSA) is 38.3 Å². The molecule has 0 heterocycles. The Labute approximate surface area is 158 Å². The minimum atomic E-state index is -0.159. The molecule has 0 saturated heterocycles. The van der Waals surface area contributed by atoms with Crippen molar-refractivity contribution < 1.29 is 9.53 Å². The first kappa shape index (κ1) is 19.3. The Hall–Kier alpha value is -2.07. The molecule has 0 aliphatic rings. The van der Waals surface area contributed by atoms with E-state index in [1.165, 1.54) is 11.6 Å². The molecule has 0 aliphatic carbocycles. The van der Waals surface area contributed by atoms with Crippen LogP contribution in [0.2, 0.25) is 0 Å². The van der Waals surface area contributed by atoms with Gasteiger partial charge in [0.05, 0.1) is 12.3 Å². The fraction of sp³-hybridized carbons (Fsp3) is 0.286. The van der Waals surface area contributed by atoms with Gasteiger partial charge in [0, 0.05) is 10.5 Å². The lowest BCUT2D eigenvalue weighted by atomic mass is 10.1. The van der Waals surface area contributed by atoms with Gasteiger partial charge in [-0.05, 0) is 70.2 Å². The number of hydrogen-bond donors (Lipinski definition) is 1. The van der Waals surface area contributed by atoms with Crippen molar-refractivity contribution >= 4 is 33.6 Å². The lowest BCUT2D eigenvalue weighted by molar-refractivity contribution is -0.111. The Morgan fingerprint density at radius 1 is 1.16 bits per heavy atom. The predicted octanol–water partition coefficient (Wildman–Crippen LogP) is 5.84. The van der Waals surface area contributed by atoms with Gasteiger partial charge in [0.25, 0.3) is 0 Å². The van der Waals surface area contributed by atoms with Crippen LogP contribution in [0.3, 0.4) is 0 Å². The molecule has 25 heavy (non-hydrogen) atoms. The fourth-order valence-corrected chi connectivity index (χ4v) is 2.76. The average molecular weight is 402 g/mol. The lowest BCUT2D eigenvalue weighted by Gasteiger charge is -2.07. The summed E-state index contributed by atoms with van der Waals surface area (Å²) in [6.07, 6.45) is 6.46. The quantitative estimate of drug-likeness (QED) is 0.445. The Morgan fingerprint density at radius 2 is 1.92 bits per heavy atom. The summed E-state index contributed by atoms with van der Waals surface area (Å²) in [6, 6.07) is 13.7.